The number of benzene rings is 1. The van der Waals surface area contributed by atoms with Crippen molar-refractivity contribution < 1.29 is 35.5 Å². The van der Waals surface area contributed by atoms with Gasteiger partial charge in [0.25, 0.3) is 0 Å². The van der Waals surface area contributed by atoms with E-state index in [1.54, 1.807) is 0 Å². The predicted octanol–water partition coefficient (Wildman–Crippen LogP) is 3.26. The molecular weight excluding hydrogens is 430 g/mol. The Morgan fingerprint density at radius 1 is 1.17 bits per heavy atom. The number of nitrogens with one attached hydrogen (secondary N) is 1. The molecule has 0 fully saturated rings. The molecule has 1 N–H and O–H groups in total. The summed E-state index contributed by atoms with van der Waals surface area (Å²) in [4.78, 5) is 8.21. The van der Waals surface area contributed by atoms with E-state index >= 15 is 0 Å². The fraction of sp³-hybridized carbons (Fsp3) is 0.444. The summed E-state index contributed by atoms with van der Waals surface area (Å²) >= 11 is 0. The Kier molecular flexibility index (Phi) is 5.44. The first-order valence-electron chi connectivity index (χ1n) is 8.79. The van der Waals surface area contributed by atoms with Crippen LogP contribution in [0.1, 0.15) is 38.4 Å². The lowest BCUT2D eigenvalue weighted by molar-refractivity contribution is -0.275. The lowest BCUT2D eigenvalue weighted by Crippen LogP contribution is -2.54. The Balaban J connectivity index is 2.19. The molecule has 30 heavy (non-hydrogen) atoms. The minimum Gasteiger partial charge on any atom is -0.476 e. The van der Waals surface area contributed by atoms with E-state index in [0.29, 0.717) is 0 Å². The van der Waals surface area contributed by atoms with Crippen LogP contribution in [0.4, 0.5) is 17.6 Å². The van der Waals surface area contributed by atoms with Crippen molar-refractivity contribution in [3.8, 4) is 11.6 Å². The summed E-state index contributed by atoms with van der Waals surface area (Å²) < 4.78 is 88.4. The molecule has 0 saturated heterocycles. The van der Waals surface area contributed by atoms with Crippen molar-refractivity contribution in [2.24, 2.45) is 0 Å². The molecule has 1 aliphatic rings. The van der Waals surface area contributed by atoms with Gasteiger partial charge in [0.1, 0.15) is 11.2 Å². The van der Waals surface area contributed by atoms with Crippen LogP contribution in [-0.2, 0) is 15.6 Å². The number of aromatic nitrogens is 2. The van der Waals surface area contributed by atoms with E-state index in [9.17, 15) is 26.0 Å². The van der Waals surface area contributed by atoms with Gasteiger partial charge in [-0.1, -0.05) is 6.07 Å². The monoisotopic (exact) mass is 449 g/mol. The van der Waals surface area contributed by atoms with Gasteiger partial charge in [0.2, 0.25) is 15.9 Å². The minimum atomic E-state index is -5.08. The number of nitrogens with zero attached hydrogens (tertiary/aromatic N) is 2. The van der Waals surface area contributed by atoms with Gasteiger partial charge in [-0.25, -0.2) is 17.8 Å². The Morgan fingerprint density at radius 2 is 1.83 bits per heavy atom. The van der Waals surface area contributed by atoms with Crippen LogP contribution in [0.3, 0.4) is 0 Å². The summed E-state index contributed by atoms with van der Waals surface area (Å²) in [7, 11) is -4.01. The maximum Gasteiger partial charge on any atom is 0.573 e. The van der Waals surface area contributed by atoms with Gasteiger partial charge in [-0.15, -0.1) is 13.2 Å². The van der Waals surface area contributed by atoms with E-state index in [1.807, 2.05) is 0 Å². The fourth-order valence-electron chi connectivity index (χ4n) is 2.94. The number of ether oxygens (including phenoxy) is 2. The molecular formula is C18H19F4N3O4S. The number of hydrogen-bond acceptors (Lipinski definition) is 6. The fourth-order valence-corrected chi connectivity index (χ4v) is 4.02. The number of hydrogen-bond donors (Lipinski definition) is 1. The van der Waals surface area contributed by atoms with E-state index in [-0.39, 0.29) is 30.2 Å². The molecule has 1 aromatic heterocycles. The third kappa shape index (κ3) is 4.19. The molecule has 0 unspecified atom stereocenters. The van der Waals surface area contributed by atoms with Crippen molar-refractivity contribution >= 4 is 10.0 Å². The molecule has 0 spiro atoms. The van der Waals surface area contributed by atoms with Crippen molar-refractivity contribution in [2.75, 3.05) is 6.61 Å². The molecule has 1 atom stereocenters. The second-order valence-corrected chi connectivity index (χ2v) is 10.1. The molecule has 1 aliphatic heterocycles. The molecule has 164 valence electrons. The number of sulfonamides is 1. The van der Waals surface area contributed by atoms with Crippen molar-refractivity contribution in [2.45, 2.75) is 43.8 Å². The van der Waals surface area contributed by atoms with E-state index in [1.165, 1.54) is 33.2 Å². The molecule has 0 amide bonds. The topological polar surface area (TPSA) is 90.4 Å². The van der Waals surface area contributed by atoms with Gasteiger partial charge < -0.3 is 9.47 Å². The zero-order valence-electron chi connectivity index (χ0n) is 16.2. The van der Waals surface area contributed by atoms with Crippen LogP contribution < -0.4 is 14.2 Å². The third-order valence-corrected chi connectivity index (χ3v) is 6.78. The Hall–Kier alpha value is -2.47. The van der Waals surface area contributed by atoms with Crippen LogP contribution in [0.15, 0.2) is 30.6 Å². The zero-order chi connectivity index (χ0) is 22.4. The predicted molar refractivity (Wildman–Crippen MR) is 97.8 cm³/mol. The molecule has 0 bridgehead atoms. The quantitative estimate of drug-likeness (QED) is 0.721. The van der Waals surface area contributed by atoms with Crippen LogP contribution in [0, 0.1) is 5.82 Å². The smallest absolute Gasteiger partial charge is 0.476 e. The molecule has 3 rings (SSSR count). The summed E-state index contributed by atoms with van der Waals surface area (Å²) in [5.74, 6) is -2.31. The van der Waals surface area contributed by atoms with Crippen LogP contribution in [0.2, 0.25) is 0 Å². The molecule has 0 radical (unpaired) electrons. The maximum atomic E-state index is 14.5. The summed E-state index contributed by atoms with van der Waals surface area (Å²) in [6.45, 7) is 4.43. The van der Waals surface area contributed by atoms with Gasteiger partial charge in [-0.3, -0.25) is 4.98 Å². The second kappa shape index (κ2) is 7.34. The molecule has 7 nitrogen and oxygen atoms in total. The van der Waals surface area contributed by atoms with Crippen molar-refractivity contribution in [3.63, 3.8) is 0 Å². The summed E-state index contributed by atoms with van der Waals surface area (Å²) in [5, 5.41) is 0. The average Bonchev–Trinajstić information content (AvgIpc) is 2.61. The van der Waals surface area contributed by atoms with Gasteiger partial charge >= 0.3 is 6.36 Å². The summed E-state index contributed by atoms with van der Waals surface area (Å²) in [5.41, 5.74) is -1.49. The van der Waals surface area contributed by atoms with Gasteiger partial charge in [0.15, 0.2) is 11.6 Å². The lowest BCUT2D eigenvalue weighted by Gasteiger charge is -2.39. The van der Waals surface area contributed by atoms with Crippen molar-refractivity contribution in [1.82, 2.24) is 14.7 Å². The average molecular weight is 449 g/mol. The standard InChI is InChI=1S/C18H19F4N3O4S/c1-16(2,3)30(26,27)25-17(6-9-28-15-14(17)23-7-8-24-15)11-4-5-13(12(19)10-11)29-18(20,21)22/h4-5,7-8,10,25H,6,9H2,1-3H3/t17-/m0/s1. The highest BCUT2D eigenvalue weighted by atomic mass is 32.2. The first-order valence-corrected chi connectivity index (χ1v) is 10.3. The van der Waals surface area contributed by atoms with Crippen LogP contribution in [-0.4, -0.2) is 36.1 Å². The Labute approximate surface area is 170 Å². The number of halogens is 4. The van der Waals surface area contributed by atoms with Crippen LogP contribution in [0.5, 0.6) is 11.6 Å². The second-order valence-electron chi connectivity index (χ2n) is 7.62. The van der Waals surface area contributed by atoms with Gasteiger partial charge in [0, 0.05) is 18.8 Å². The molecule has 2 aromatic rings. The van der Waals surface area contributed by atoms with Gasteiger partial charge in [0.05, 0.1) is 11.4 Å². The highest BCUT2D eigenvalue weighted by Crippen LogP contribution is 2.42. The largest absolute Gasteiger partial charge is 0.573 e. The first kappa shape index (κ1) is 22.2. The number of fused-ring (bicyclic) bond motifs is 1. The SMILES string of the molecule is CC(C)(C)S(=O)(=O)N[C@]1(c2ccc(OC(F)(F)F)c(F)c2)CCOc2nccnc21. The molecule has 12 heteroatoms. The number of alkyl halides is 3. The van der Waals surface area contributed by atoms with Gasteiger partial charge in [-0.2, -0.15) is 4.72 Å². The molecule has 2 heterocycles. The Bertz CT molecular complexity index is 1050. The normalized spacial score (nSPS) is 19.7. The highest BCUT2D eigenvalue weighted by Gasteiger charge is 2.47. The van der Waals surface area contributed by atoms with E-state index in [2.05, 4.69) is 19.4 Å². The van der Waals surface area contributed by atoms with E-state index in [4.69, 9.17) is 4.74 Å². The lowest BCUT2D eigenvalue weighted by atomic mass is 9.83. The maximum absolute atomic E-state index is 14.5. The minimum absolute atomic E-state index is 0.00686. The third-order valence-electron chi connectivity index (χ3n) is 4.55. The van der Waals surface area contributed by atoms with Crippen molar-refractivity contribution in [3.05, 3.63) is 47.7 Å². The van der Waals surface area contributed by atoms with Crippen LogP contribution in [0.25, 0.3) is 0 Å². The summed E-state index contributed by atoms with van der Waals surface area (Å²) in [6, 6.07) is 2.73. The first-order chi connectivity index (χ1) is 13.8. The molecule has 0 saturated carbocycles. The zero-order valence-corrected chi connectivity index (χ0v) is 17.1. The molecule has 1 aromatic carbocycles. The highest BCUT2D eigenvalue weighted by molar-refractivity contribution is 7.90. The summed E-state index contributed by atoms with van der Waals surface area (Å²) in [6.07, 6.45) is -2.42. The van der Waals surface area contributed by atoms with Crippen LogP contribution >= 0.6 is 0 Å². The molecule has 0 aliphatic carbocycles. The van der Waals surface area contributed by atoms with Crippen molar-refractivity contribution in [1.29, 1.82) is 0 Å². The van der Waals surface area contributed by atoms with E-state index in [0.717, 1.165) is 18.2 Å². The Morgan fingerprint density at radius 3 is 2.43 bits per heavy atom. The van der Waals surface area contributed by atoms with E-state index < -0.39 is 38.2 Å². The van der Waals surface area contributed by atoms with Gasteiger partial charge in [-0.05, 0) is 38.5 Å². The number of rotatable bonds is 4.